The van der Waals surface area contributed by atoms with E-state index in [9.17, 15) is 18.0 Å². The molecular weight excluding hydrogens is 311 g/mol. The Bertz CT molecular complexity index is 687. The molecule has 0 aliphatic rings. The number of aryl methyl sites for hydroxylation is 1. The third-order valence-electron chi connectivity index (χ3n) is 2.95. The van der Waals surface area contributed by atoms with Crippen LogP contribution in [0.1, 0.15) is 34.7 Å². The number of nitrogens with one attached hydrogen (secondary N) is 1. The monoisotopic (exact) mass is 325 g/mol. The number of carbonyl (C=O) groups is 1. The van der Waals surface area contributed by atoms with Gasteiger partial charge in [-0.1, -0.05) is 12.1 Å². The number of alkyl halides is 3. The minimum atomic E-state index is -4.73. The van der Waals surface area contributed by atoms with E-state index in [1.807, 2.05) is 0 Å². The summed E-state index contributed by atoms with van der Waals surface area (Å²) in [5, 5.41) is 2.70. The summed E-state index contributed by atoms with van der Waals surface area (Å²) in [6.45, 7) is 3.42. The van der Waals surface area contributed by atoms with Crippen molar-refractivity contribution in [3.05, 3.63) is 53.6 Å². The highest BCUT2D eigenvalue weighted by Crippen LogP contribution is 2.24. The third-order valence-corrected chi connectivity index (χ3v) is 2.95. The van der Waals surface area contributed by atoms with Gasteiger partial charge in [0.25, 0.3) is 5.91 Å². The molecule has 1 aromatic heterocycles. The molecule has 8 heteroatoms. The molecular formula is C15H14F3N3O2. The Morgan fingerprint density at radius 1 is 1.22 bits per heavy atom. The fourth-order valence-electron chi connectivity index (χ4n) is 1.88. The summed E-state index contributed by atoms with van der Waals surface area (Å²) in [5.41, 5.74) is 1.42. The molecule has 2 aromatic rings. The molecule has 0 aliphatic carbocycles. The molecule has 1 atom stereocenters. The van der Waals surface area contributed by atoms with Gasteiger partial charge in [-0.3, -0.25) is 9.78 Å². The van der Waals surface area contributed by atoms with Crippen molar-refractivity contribution in [3.63, 3.8) is 0 Å². The van der Waals surface area contributed by atoms with Crippen molar-refractivity contribution in [3.8, 4) is 5.75 Å². The van der Waals surface area contributed by atoms with E-state index >= 15 is 0 Å². The van der Waals surface area contributed by atoms with Crippen molar-refractivity contribution < 1.29 is 22.7 Å². The van der Waals surface area contributed by atoms with Crippen molar-refractivity contribution in [2.75, 3.05) is 0 Å². The van der Waals surface area contributed by atoms with Gasteiger partial charge in [0, 0.05) is 6.20 Å². The average Bonchev–Trinajstić information content (AvgIpc) is 2.46. The summed E-state index contributed by atoms with van der Waals surface area (Å²) in [6, 6.07) is 4.88. The lowest BCUT2D eigenvalue weighted by Gasteiger charge is -2.15. The van der Waals surface area contributed by atoms with E-state index in [0.29, 0.717) is 11.3 Å². The van der Waals surface area contributed by atoms with E-state index < -0.39 is 18.3 Å². The standard InChI is InChI=1S/C15H14F3N3O2/c1-9-7-19-8-13(20-9)14(22)21-10(2)11-3-5-12(6-4-11)23-15(16,17)18/h3-8,10H,1-2H3,(H,21,22). The quantitative estimate of drug-likeness (QED) is 0.938. The first-order valence-electron chi connectivity index (χ1n) is 6.70. The topological polar surface area (TPSA) is 64.1 Å². The van der Waals surface area contributed by atoms with Crippen LogP contribution in [0, 0.1) is 6.92 Å². The number of rotatable bonds is 4. The Morgan fingerprint density at radius 2 is 1.87 bits per heavy atom. The Hall–Kier alpha value is -2.64. The molecule has 1 amide bonds. The zero-order chi connectivity index (χ0) is 17.0. The van der Waals surface area contributed by atoms with Crippen LogP contribution in [0.2, 0.25) is 0 Å². The van der Waals surface area contributed by atoms with Crippen molar-refractivity contribution in [2.45, 2.75) is 26.3 Å². The second-order valence-corrected chi connectivity index (χ2v) is 4.86. The van der Waals surface area contributed by atoms with Gasteiger partial charge < -0.3 is 10.1 Å². The zero-order valence-electron chi connectivity index (χ0n) is 12.4. The molecule has 122 valence electrons. The maximum absolute atomic E-state index is 12.1. The maximum Gasteiger partial charge on any atom is 0.573 e. The highest BCUT2D eigenvalue weighted by atomic mass is 19.4. The molecule has 5 nitrogen and oxygen atoms in total. The van der Waals surface area contributed by atoms with E-state index in [1.165, 1.54) is 36.7 Å². The van der Waals surface area contributed by atoms with Gasteiger partial charge in [-0.05, 0) is 31.5 Å². The predicted molar refractivity (Wildman–Crippen MR) is 75.8 cm³/mol. The zero-order valence-corrected chi connectivity index (χ0v) is 12.4. The minimum Gasteiger partial charge on any atom is -0.406 e. The number of halogens is 3. The molecule has 2 rings (SSSR count). The molecule has 23 heavy (non-hydrogen) atoms. The van der Waals surface area contributed by atoms with Gasteiger partial charge in [0.15, 0.2) is 0 Å². The van der Waals surface area contributed by atoms with E-state index in [-0.39, 0.29) is 11.4 Å². The van der Waals surface area contributed by atoms with Gasteiger partial charge in [0.2, 0.25) is 0 Å². The van der Waals surface area contributed by atoms with Crippen LogP contribution in [-0.4, -0.2) is 22.2 Å². The van der Waals surface area contributed by atoms with Crippen LogP contribution < -0.4 is 10.1 Å². The van der Waals surface area contributed by atoms with E-state index in [4.69, 9.17) is 0 Å². The minimum absolute atomic E-state index is 0.175. The molecule has 0 saturated heterocycles. The number of ether oxygens (including phenoxy) is 1. The Labute approximate surface area is 130 Å². The first kappa shape index (κ1) is 16.7. The molecule has 0 bridgehead atoms. The van der Waals surface area contributed by atoms with Gasteiger partial charge in [0.1, 0.15) is 11.4 Å². The van der Waals surface area contributed by atoms with Crippen molar-refractivity contribution in [1.29, 1.82) is 0 Å². The molecule has 1 N–H and O–H groups in total. The van der Waals surface area contributed by atoms with Crippen LogP contribution in [-0.2, 0) is 0 Å². The Balaban J connectivity index is 2.03. The van der Waals surface area contributed by atoms with Gasteiger partial charge >= 0.3 is 6.36 Å². The number of amides is 1. The number of hydrogen-bond acceptors (Lipinski definition) is 4. The van der Waals surface area contributed by atoms with Gasteiger partial charge in [-0.25, -0.2) is 4.98 Å². The van der Waals surface area contributed by atoms with Crippen LogP contribution in [0.4, 0.5) is 13.2 Å². The molecule has 0 fully saturated rings. The summed E-state index contributed by atoms with van der Waals surface area (Å²) in [5.74, 6) is -0.728. The summed E-state index contributed by atoms with van der Waals surface area (Å²) < 4.78 is 40.1. The highest BCUT2D eigenvalue weighted by molar-refractivity contribution is 5.92. The summed E-state index contributed by atoms with van der Waals surface area (Å²) in [6.07, 6.45) is -1.86. The maximum atomic E-state index is 12.1. The fraction of sp³-hybridized carbons (Fsp3) is 0.267. The van der Waals surface area contributed by atoms with E-state index in [0.717, 1.165) is 0 Å². The number of carbonyl (C=O) groups excluding carboxylic acids is 1. The van der Waals surface area contributed by atoms with E-state index in [2.05, 4.69) is 20.0 Å². The Kier molecular flexibility index (Phi) is 4.83. The summed E-state index contributed by atoms with van der Waals surface area (Å²) in [4.78, 5) is 20.0. The molecule has 1 heterocycles. The van der Waals surface area contributed by atoms with Crippen molar-refractivity contribution in [2.24, 2.45) is 0 Å². The van der Waals surface area contributed by atoms with Crippen LogP contribution in [0.3, 0.4) is 0 Å². The highest BCUT2D eigenvalue weighted by Gasteiger charge is 2.31. The molecule has 0 spiro atoms. The smallest absolute Gasteiger partial charge is 0.406 e. The molecule has 1 aromatic carbocycles. The molecule has 0 aliphatic heterocycles. The van der Waals surface area contributed by atoms with Crippen LogP contribution >= 0.6 is 0 Å². The van der Waals surface area contributed by atoms with Gasteiger partial charge in [0.05, 0.1) is 17.9 Å². The number of hydrogen-bond donors (Lipinski definition) is 1. The largest absolute Gasteiger partial charge is 0.573 e. The lowest BCUT2D eigenvalue weighted by atomic mass is 10.1. The molecule has 1 unspecified atom stereocenters. The van der Waals surface area contributed by atoms with Crippen LogP contribution in [0.25, 0.3) is 0 Å². The van der Waals surface area contributed by atoms with E-state index in [1.54, 1.807) is 13.8 Å². The molecule has 0 saturated carbocycles. The van der Waals surface area contributed by atoms with Gasteiger partial charge in [-0.2, -0.15) is 0 Å². The first-order valence-corrected chi connectivity index (χ1v) is 6.70. The summed E-state index contributed by atoms with van der Waals surface area (Å²) >= 11 is 0. The van der Waals surface area contributed by atoms with Gasteiger partial charge in [-0.15, -0.1) is 13.2 Å². The van der Waals surface area contributed by atoms with Crippen molar-refractivity contribution in [1.82, 2.24) is 15.3 Å². The normalized spacial score (nSPS) is 12.6. The lowest BCUT2D eigenvalue weighted by Crippen LogP contribution is -2.27. The summed E-state index contributed by atoms with van der Waals surface area (Å²) in [7, 11) is 0. The first-order chi connectivity index (χ1) is 10.7. The van der Waals surface area contributed by atoms with Crippen LogP contribution in [0.5, 0.6) is 5.75 Å². The average molecular weight is 325 g/mol. The molecule has 0 radical (unpaired) electrons. The number of benzene rings is 1. The van der Waals surface area contributed by atoms with Crippen LogP contribution in [0.15, 0.2) is 36.7 Å². The predicted octanol–water partition coefficient (Wildman–Crippen LogP) is 3.17. The SMILES string of the molecule is Cc1cncc(C(=O)NC(C)c2ccc(OC(F)(F)F)cc2)n1. The number of aromatic nitrogens is 2. The third kappa shape index (κ3) is 4.94. The Morgan fingerprint density at radius 3 is 2.43 bits per heavy atom. The lowest BCUT2D eigenvalue weighted by molar-refractivity contribution is -0.274. The second-order valence-electron chi connectivity index (χ2n) is 4.86. The second kappa shape index (κ2) is 6.64. The fourth-order valence-corrected chi connectivity index (χ4v) is 1.88. The number of nitrogens with zero attached hydrogens (tertiary/aromatic N) is 2. The van der Waals surface area contributed by atoms with Crippen molar-refractivity contribution >= 4 is 5.91 Å².